The molecule has 1 saturated carbocycles. The van der Waals surface area contributed by atoms with Crippen molar-refractivity contribution in [3.05, 3.63) is 0 Å². The number of hydrogen-bond acceptors (Lipinski definition) is 2. The second kappa shape index (κ2) is 2.90. The maximum Gasteiger partial charge on any atom is 0.308 e. The molecule has 0 aromatic rings. The zero-order valence-corrected chi connectivity index (χ0v) is 6.33. The monoisotopic (exact) mass is 157 g/mol. The van der Waals surface area contributed by atoms with E-state index in [9.17, 15) is 9.59 Å². The van der Waals surface area contributed by atoms with Crippen molar-refractivity contribution in [1.29, 1.82) is 0 Å². The Bertz CT molecular complexity index is 190. The fourth-order valence-electron chi connectivity index (χ4n) is 1.23. The summed E-state index contributed by atoms with van der Waals surface area (Å²) >= 11 is 0. The van der Waals surface area contributed by atoms with E-state index in [4.69, 9.17) is 5.11 Å². The van der Waals surface area contributed by atoms with Crippen LogP contribution in [-0.4, -0.2) is 23.0 Å². The third-order valence-electron chi connectivity index (χ3n) is 1.98. The molecule has 62 valence electrons. The van der Waals surface area contributed by atoms with Crippen LogP contribution in [0, 0.1) is 5.92 Å². The number of carbonyl (C=O) groups excluding carboxylic acids is 1. The average Bonchev–Trinajstić information content (AvgIpc) is 1.78. The minimum Gasteiger partial charge on any atom is -0.481 e. The summed E-state index contributed by atoms with van der Waals surface area (Å²) in [4.78, 5) is 20.9. The third-order valence-corrected chi connectivity index (χ3v) is 1.98. The van der Waals surface area contributed by atoms with Gasteiger partial charge in [0.25, 0.3) is 0 Å². The lowest BCUT2D eigenvalue weighted by atomic mass is 9.79. The normalized spacial score (nSPS) is 28.8. The zero-order chi connectivity index (χ0) is 8.43. The molecule has 0 aliphatic heterocycles. The number of rotatable bonds is 2. The molecule has 1 aliphatic rings. The molecule has 2 atom stereocenters. The van der Waals surface area contributed by atoms with E-state index in [2.05, 4.69) is 5.32 Å². The number of amides is 1. The molecule has 0 spiro atoms. The topological polar surface area (TPSA) is 66.4 Å². The summed E-state index contributed by atoms with van der Waals surface area (Å²) in [6.07, 6.45) is 1.47. The summed E-state index contributed by atoms with van der Waals surface area (Å²) in [5.74, 6) is -1.32. The summed E-state index contributed by atoms with van der Waals surface area (Å²) in [6, 6.07) is -0.134. The van der Waals surface area contributed by atoms with Gasteiger partial charge in [0.05, 0.1) is 5.92 Å². The molecule has 0 saturated heterocycles. The van der Waals surface area contributed by atoms with Gasteiger partial charge >= 0.3 is 5.97 Å². The van der Waals surface area contributed by atoms with E-state index in [1.807, 2.05) is 0 Å². The van der Waals surface area contributed by atoms with Crippen LogP contribution < -0.4 is 5.32 Å². The van der Waals surface area contributed by atoms with E-state index in [-0.39, 0.29) is 17.9 Å². The summed E-state index contributed by atoms with van der Waals surface area (Å²) < 4.78 is 0. The van der Waals surface area contributed by atoms with Gasteiger partial charge in [0.15, 0.2) is 0 Å². The molecule has 0 aromatic heterocycles. The third kappa shape index (κ3) is 1.69. The van der Waals surface area contributed by atoms with E-state index in [1.54, 1.807) is 0 Å². The van der Waals surface area contributed by atoms with Gasteiger partial charge in [0, 0.05) is 13.0 Å². The first-order valence-corrected chi connectivity index (χ1v) is 3.61. The Kier molecular flexibility index (Phi) is 2.12. The fraction of sp³-hybridized carbons (Fsp3) is 0.714. The summed E-state index contributed by atoms with van der Waals surface area (Å²) in [5, 5.41) is 11.2. The quantitative estimate of drug-likeness (QED) is 0.592. The van der Waals surface area contributed by atoms with Crippen LogP contribution in [0.2, 0.25) is 0 Å². The van der Waals surface area contributed by atoms with Gasteiger partial charge in [-0.15, -0.1) is 0 Å². The van der Waals surface area contributed by atoms with Crippen LogP contribution in [0.15, 0.2) is 0 Å². The minimum atomic E-state index is -0.810. The van der Waals surface area contributed by atoms with Crippen molar-refractivity contribution in [2.75, 3.05) is 0 Å². The van der Waals surface area contributed by atoms with E-state index < -0.39 is 5.97 Å². The minimum absolute atomic E-state index is 0.134. The van der Waals surface area contributed by atoms with Gasteiger partial charge in [-0.2, -0.15) is 0 Å². The molecule has 4 nitrogen and oxygen atoms in total. The van der Waals surface area contributed by atoms with Crippen LogP contribution in [0.25, 0.3) is 0 Å². The van der Waals surface area contributed by atoms with Crippen molar-refractivity contribution < 1.29 is 14.7 Å². The highest BCUT2D eigenvalue weighted by molar-refractivity contribution is 5.77. The lowest BCUT2D eigenvalue weighted by Gasteiger charge is -2.33. The highest BCUT2D eigenvalue weighted by Gasteiger charge is 2.36. The van der Waals surface area contributed by atoms with Crippen LogP contribution in [-0.2, 0) is 9.59 Å². The SMILES string of the molecule is CC(=O)N[C@H]1CC[C@H]1C(=O)O. The molecule has 1 fully saturated rings. The second-order valence-electron chi connectivity index (χ2n) is 2.83. The van der Waals surface area contributed by atoms with Gasteiger partial charge < -0.3 is 10.4 Å². The van der Waals surface area contributed by atoms with Crippen LogP contribution in [0.3, 0.4) is 0 Å². The molecule has 1 rings (SSSR count). The highest BCUT2D eigenvalue weighted by Crippen LogP contribution is 2.27. The first-order chi connectivity index (χ1) is 5.11. The Morgan fingerprint density at radius 3 is 2.36 bits per heavy atom. The number of hydrogen-bond donors (Lipinski definition) is 2. The lowest BCUT2D eigenvalue weighted by molar-refractivity contribution is -0.146. The molecule has 11 heavy (non-hydrogen) atoms. The standard InChI is InChI=1S/C7H11NO3/c1-4(9)8-6-3-2-5(6)7(10)11/h5-6H,2-3H2,1H3,(H,8,9)(H,10,11)/t5-,6+/m1/s1. The number of carbonyl (C=O) groups is 2. The summed E-state index contributed by atoms with van der Waals surface area (Å²) in [7, 11) is 0. The van der Waals surface area contributed by atoms with Crippen LogP contribution in [0.1, 0.15) is 19.8 Å². The number of carboxylic acid groups (broad SMARTS) is 1. The largest absolute Gasteiger partial charge is 0.481 e. The molecule has 0 unspecified atom stereocenters. The first kappa shape index (κ1) is 8.04. The molecular weight excluding hydrogens is 146 g/mol. The van der Waals surface area contributed by atoms with Crippen LogP contribution >= 0.6 is 0 Å². The fourth-order valence-corrected chi connectivity index (χ4v) is 1.23. The average molecular weight is 157 g/mol. The Hall–Kier alpha value is -1.06. The maximum atomic E-state index is 10.5. The number of nitrogens with one attached hydrogen (secondary N) is 1. The summed E-state index contributed by atoms with van der Waals surface area (Å²) in [6.45, 7) is 1.40. The molecule has 0 heterocycles. The van der Waals surface area contributed by atoms with Gasteiger partial charge in [-0.1, -0.05) is 0 Å². The molecule has 0 bridgehead atoms. The molecule has 0 radical (unpaired) electrons. The molecule has 4 heteroatoms. The molecule has 1 aliphatic carbocycles. The molecular formula is C7H11NO3. The maximum absolute atomic E-state index is 10.5. The highest BCUT2D eigenvalue weighted by atomic mass is 16.4. The number of aliphatic carboxylic acids is 1. The van der Waals surface area contributed by atoms with Gasteiger partial charge in [0.1, 0.15) is 0 Å². The van der Waals surface area contributed by atoms with Gasteiger partial charge in [-0.25, -0.2) is 0 Å². The number of carboxylic acids is 1. The Morgan fingerprint density at radius 2 is 2.09 bits per heavy atom. The van der Waals surface area contributed by atoms with Crippen molar-refractivity contribution in [2.24, 2.45) is 5.92 Å². The van der Waals surface area contributed by atoms with E-state index in [0.29, 0.717) is 6.42 Å². The van der Waals surface area contributed by atoms with Crippen molar-refractivity contribution in [2.45, 2.75) is 25.8 Å². The smallest absolute Gasteiger partial charge is 0.308 e. The van der Waals surface area contributed by atoms with Crippen LogP contribution in [0.5, 0.6) is 0 Å². The van der Waals surface area contributed by atoms with Crippen molar-refractivity contribution in [3.8, 4) is 0 Å². The molecule has 1 amide bonds. The van der Waals surface area contributed by atoms with Crippen molar-refractivity contribution >= 4 is 11.9 Å². The predicted molar refractivity (Wildman–Crippen MR) is 38.0 cm³/mol. The Morgan fingerprint density at radius 1 is 1.45 bits per heavy atom. The zero-order valence-electron chi connectivity index (χ0n) is 6.33. The van der Waals surface area contributed by atoms with Gasteiger partial charge in [-0.3, -0.25) is 9.59 Å². The Balaban J connectivity index is 2.37. The van der Waals surface area contributed by atoms with Crippen molar-refractivity contribution in [1.82, 2.24) is 5.32 Å². The Labute approximate surface area is 64.6 Å². The second-order valence-corrected chi connectivity index (χ2v) is 2.83. The van der Waals surface area contributed by atoms with Crippen LogP contribution in [0.4, 0.5) is 0 Å². The van der Waals surface area contributed by atoms with Gasteiger partial charge in [0.2, 0.25) is 5.91 Å². The summed E-state index contributed by atoms with van der Waals surface area (Å²) in [5.41, 5.74) is 0. The van der Waals surface area contributed by atoms with E-state index in [1.165, 1.54) is 6.92 Å². The van der Waals surface area contributed by atoms with E-state index in [0.717, 1.165) is 6.42 Å². The van der Waals surface area contributed by atoms with E-state index >= 15 is 0 Å². The molecule has 2 N–H and O–H groups in total. The van der Waals surface area contributed by atoms with Gasteiger partial charge in [-0.05, 0) is 12.8 Å². The van der Waals surface area contributed by atoms with Crippen molar-refractivity contribution in [3.63, 3.8) is 0 Å². The predicted octanol–water partition coefficient (Wildman–Crippen LogP) is -0.0143. The lowest BCUT2D eigenvalue weighted by Crippen LogP contribution is -2.49. The molecule has 0 aromatic carbocycles. The first-order valence-electron chi connectivity index (χ1n) is 3.61.